The third-order valence-electron chi connectivity index (χ3n) is 5.82. The third-order valence-corrected chi connectivity index (χ3v) is 7.04. The number of hydrogen-bond acceptors (Lipinski definition) is 3. The molecule has 0 aliphatic heterocycles. The van der Waals surface area contributed by atoms with Crippen molar-refractivity contribution < 1.29 is 0 Å². The van der Waals surface area contributed by atoms with Crippen LogP contribution in [0.1, 0.15) is 0 Å². The zero-order valence-corrected chi connectivity index (χ0v) is 18.8. The van der Waals surface area contributed by atoms with Crippen LogP contribution in [0.4, 0.5) is 28.4 Å². The Labute approximate surface area is 197 Å². The second kappa shape index (κ2) is 8.45. The Balaban J connectivity index is 1.50. The maximum atomic E-state index is 3.60. The van der Waals surface area contributed by atoms with Gasteiger partial charge in [-0.1, -0.05) is 66.7 Å². The lowest BCUT2D eigenvalue weighted by Gasteiger charge is -2.25. The first kappa shape index (κ1) is 19.6. The largest absolute Gasteiger partial charge is 0.354 e. The maximum absolute atomic E-state index is 3.60. The number of benzene rings is 5. The number of nitrogens with zero attached hydrogens (tertiary/aromatic N) is 1. The first-order valence-corrected chi connectivity index (χ1v) is 11.9. The summed E-state index contributed by atoms with van der Waals surface area (Å²) in [5.74, 6) is 0. The summed E-state index contributed by atoms with van der Waals surface area (Å²) in [5, 5.41) is 6.15. The van der Waals surface area contributed by atoms with Crippen LogP contribution < -0.4 is 10.2 Å². The minimum atomic E-state index is 1.10. The highest BCUT2D eigenvalue weighted by molar-refractivity contribution is 7.26. The maximum Gasteiger partial charge on any atom is 0.0590 e. The first-order chi connectivity index (χ1) is 16.4. The van der Waals surface area contributed by atoms with Crippen molar-refractivity contribution in [3.63, 3.8) is 0 Å². The molecule has 0 saturated heterocycles. The van der Waals surface area contributed by atoms with Gasteiger partial charge < -0.3 is 10.2 Å². The molecule has 0 spiro atoms. The number of nitrogens with one attached hydrogen (secondary N) is 1. The molecule has 1 aromatic heterocycles. The first-order valence-electron chi connectivity index (χ1n) is 11.0. The van der Waals surface area contributed by atoms with Crippen LogP contribution in [0.25, 0.3) is 20.2 Å². The average molecular weight is 443 g/mol. The van der Waals surface area contributed by atoms with E-state index < -0.39 is 0 Å². The van der Waals surface area contributed by atoms with Crippen molar-refractivity contribution in [2.45, 2.75) is 0 Å². The Kier molecular flexibility index (Phi) is 5.02. The highest BCUT2D eigenvalue weighted by atomic mass is 32.1. The summed E-state index contributed by atoms with van der Waals surface area (Å²) in [7, 11) is 0. The van der Waals surface area contributed by atoms with Gasteiger partial charge in [-0.2, -0.15) is 0 Å². The summed E-state index contributed by atoms with van der Waals surface area (Å²) in [6.45, 7) is 0. The molecule has 0 bridgehead atoms. The Hall–Kier alpha value is -4.08. The van der Waals surface area contributed by atoms with Gasteiger partial charge in [0.15, 0.2) is 0 Å². The molecule has 1 N–H and O–H groups in total. The number of rotatable bonds is 5. The van der Waals surface area contributed by atoms with Gasteiger partial charge in [-0.15, -0.1) is 11.3 Å². The predicted molar refractivity (Wildman–Crippen MR) is 144 cm³/mol. The summed E-state index contributed by atoms with van der Waals surface area (Å²) in [5.41, 5.74) is 5.69. The molecule has 6 rings (SSSR count). The third kappa shape index (κ3) is 3.73. The van der Waals surface area contributed by atoms with Gasteiger partial charge in [0.05, 0.1) is 10.4 Å². The minimum Gasteiger partial charge on any atom is -0.354 e. The van der Waals surface area contributed by atoms with Gasteiger partial charge in [-0.25, -0.2) is 0 Å². The van der Waals surface area contributed by atoms with Crippen molar-refractivity contribution in [1.29, 1.82) is 0 Å². The van der Waals surface area contributed by atoms with Gasteiger partial charge in [0.2, 0.25) is 0 Å². The standard InChI is InChI=1S/C30H22N2S/c1-4-11-22(12-5-1)31-28-18-10-17-26-27-21-25(19-20-29(27)33-30(26)28)32(23-13-6-2-7-14-23)24-15-8-3-9-16-24/h1-21,31H. The molecule has 3 heteroatoms. The summed E-state index contributed by atoms with van der Waals surface area (Å²) in [4.78, 5) is 2.31. The lowest BCUT2D eigenvalue weighted by molar-refractivity contribution is 1.29. The minimum absolute atomic E-state index is 1.10. The molecule has 0 amide bonds. The van der Waals surface area contributed by atoms with Crippen molar-refractivity contribution in [2.24, 2.45) is 0 Å². The van der Waals surface area contributed by atoms with Gasteiger partial charge in [0.1, 0.15) is 0 Å². The van der Waals surface area contributed by atoms with Crippen molar-refractivity contribution >= 4 is 59.9 Å². The molecule has 0 aliphatic rings. The van der Waals surface area contributed by atoms with Crippen LogP contribution in [0.15, 0.2) is 127 Å². The van der Waals surface area contributed by atoms with Crippen LogP contribution in [0.5, 0.6) is 0 Å². The Morgan fingerprint density at radius 3 is 1.82 bits per heavy atom. The fourth-order valence-electron chi connectivity index (χ4n) is 4.30. The molecule has 5 aromatic carbocycles. The molecule has 0 fully saturated rings. The number of fused-ring (bicyclic) bond motifs is 3. The molecule has 6 aromatic rings. The lowest BCUT2D eigenvalue weighted by atomic mass is 10.1. The Morgan fingerprint density at radius 1 is 0.515 bits per heavy atom. The SMILES string of the molecule is c1ccc(Nc2cccc3c2sc2ccc(N(c4ccccc4)c4ccccc4)cc23)cc1. The van der Waals surface area contributed by atoms with Gasteiger partial charge >= 0.3 is 0 Å². The zero-order valence-electron chi connectivity index (χ0n) is 18.0. The molecule has 1 heterocycles. The second-order valence-corrected chi connectivity index (χ2v) is 9.01. The van der Waals surface area contributed by atoms with Crippen molar-refractivity contribution in [3.05, 3.63) is 127 Å². The summed E-state index contributed by atoms with van der Waals surface area (Å²) in [6.07, 6.45) is 0. The molecule has 2 nitrogen and oxygen atoms in total. The fraction of sp³-hybridized carbons (Fsp3) is 0. The number of anilines is 5. The molecule has 158 valence electrons. The quantitative estimate of drug-likeness (QED) is 0.286. The number of para-hydroxylation sites is 3. The molecule has 33 heavy (non-hydrogen) atoms. The van der Waals surface area contributed by atoms with E-state index in [4.69, 9.17) is 0 Å². The van der Waals surface area contributed by atoms with E-state index >= 15 is 0 Å². The van der Waals surface area contributed by atoms with Crippen LogP contribution in [0.3, 0.4) is 0 Å². The normalized spacial score (nSPS) is 11.0. The Morgan fingerprint density at radius 2 is 1.15 bits per heavy atom. The van der Waals surface area contributed by atoms with E-state index in [1.165, 1.54) is 20.2 Å². The van der Waals surface area contributed by atoms with E-state index in [0.717, 1.165) is 28.4 Å². The van der Waals surface area contributed by atoms with E-state index in [2.05, 4.69) is 132 Å². The molecular weight excluding hydrogens is 420 g/mol. The van der Waals surface area contributed by atoms with Crippen LogP contribution >= 0.6 is 11.3 Å². The number of hydrogen-bond donors (Lipinski definition) is 1. The van der Waals surface area contributed by atoms with Gasteiger partial charge in [0, 0.05) is 38.2 Å². The van der Waals surface area contributed by atoms with Crippen LogP contribution in [-0.4, -0.2) is 0 Å². The summed E-state index contributed by atoms with van der Waals surface area (Å²) < 4.78 is 2.57. The molecule has 0 radical (unpaired) electrons. The summed E-state index contributed by atoms with van der Waals surface area (Å²) >= 11 is 1.84. The van der Waals surface area contributed by atoms with Crippen molar-refractivity contribution in [2.75, 3.05) is 10.2 Å². The molecule has 0 unspecified atom stereocenters. The van der Waals surface area contributed by atoms with E-state index in [0.29, 0.717) is 0 Å². The molecule has 0 saturated carbocycles. The second-order valence-electron chi connectivity index (χ2n) is 7.96. The zero-order chi connectivity index (χ0) is 22.0. The predicted octanol–water partition coefficient (Wildman–Crippen LogP) is 9.27. The highest BCUT2D eigenvalue weighted by Crippen LogP contribution is 2.42. The fourth-order valence-corrected chi connectivity index (χ4v) is 5.45. The average Bonchev–Trinajstić information content (AvgIpc) is 3.25. The molecule has 0 aliphatic carbocycles. The monoisotopic (exact) mass is 442 g/mol. The van der Waals surface area contributed by atoms with Crippen molar-refractivity contribution in [3.8, 4) is 0 Å². The Bertz CT molecular complexity index is 1480. The van der Waals surface area contributed by atoms with E-state index in [1.54, 1.807) is 0 Å². The topological polar surface area (TPSA) is 15.3 Å². The van der Waals surface area contributed by atoms with Crippen molar-refractivity contribution in [1.82, 2.24) is 0 Å². The smallest absolute Gasteiger partial charge is 0.0590 e. The van der Waals surface area contributed by atoms with Crippen LogP contribution in [0, 0.1) is 0 Å². The summed E-state index contributed by atoms with van der Waals surface area (Å²) in [6, 6.07) is 44.8. The van der Waals surface area contributed by atoms with E-state index in [1.807, 2.05) is 17.4 Å². The molecule has 0 atom stereocenters. The number of thiophene rings is 1. The van der Waals surface area contributed by atoms with Gasteiger partial charge in [-0.05, 0) is 60.7 Å². The van der Waals surface area contributed by atoms with E-state index in [-0.39, 0.29) is 0 Å². The van der Waals surface area contributed by atoms with Crippen LogP contribution in [0.2, 0.25) is 0 Å². The van der Waals surface area contributed by atoms with Gasteiger partial charge in [0.25, 0.3) is 0 Å². The lowest BCUT2D eigenvalue weighted by Crippen LogP contribution is -2.09. The van der Waals surface area contributed by atoms with E-state index in [9.17, 15) is 0 Å². The molecular formula is C30H22N2S. The highest BCUT2D eigenvalue weighted by Gasteiger charge is 2.15. The van der Waals surface area contributed by atoms with Crippen LogP contribution in [-0.2, 0) is 0 Å². The van der Waals surface area contributed by atoms with Gasteiger partial charge in [-0.3, -0.25) is 0 Å².